The monoisotopic (exact) mass is 846 g/mol. The van der Waals surface area contributed by atoms with Crippen LogP contribution in [0.3, 0.4) is 0 Å². The summed E-state index contributed by atoms with van der Waals surface area (Å²) < 4.78 is 78.9. The summed E-state index contributed by atoms with van der Waals surface area (Å²) in [4.78, 5) is 26.0. The van der Waals surface area contributed by atoms with Gasteiger partial charge >= 0.3 is 0 Å². The summed E-state index contributed by atoms with van der Waals surface area (Å²) in [5.41, 5.74) is 4.22. The molecule has 60 heavy (non-hydrogen) atoms. The second-order valence-electron chi connectivity index (χ2n) is 14.2. The predicted molar refractivity (Wildman–Crippen MR) is 224 cm³/mol. The Labute approximate surface area is 349 Å². The Hall–Kier alpha value is -6.32. The molecule has 8 rings (SSSR count). The molecule has 12 nitrogen and oxygen atoms in total. The van der Waals surface area contributed by atoms with E-state index in [9.17, 15) is 26.4 Å². The van der Waals surface area contributed by atoms with Crippen LogP contribution in [0.25, 0.3) is 0 Å². The summed E-state index contributed by atoms with van der Waals surface area (Å²) >= 11 is 0. The third kappa shape index (κ3) is 10.3. The fourth-order valence-corrected chi connectivity index (χ4v) is 8.96. The van der Waals surface area contributed by atoms with E-state index in [2.05, 4.69) is 9.44 Å². The summed E-state index contributed by atoms with van der Waals surface area (Å²) in [5, 5.41) is 0. The number of hydrogen-bond donors (Lipinski definition) is 2. The smallest absolute Gasteiger partial charge is 0.241 e. The summed E-state index contributed by atoms with van der Waals surface area (Å²) in [6, 6.07) is 39.6. The molecule has 0 saturated heterocycles. The molecule has 2 atom stereocenters. The number of Topliss-reactive ketones (excluding diaryl/α,β-unsaturated/α-hetero) is 2. The molecule has 0 saturated carbocycles. The zero-order valence-corrected chi connectivity index (χ0v) is 34.4. The lowest BCUT2D eigenvalue weighted by Crippen LogP contribution is -2.30. The van der Waals surface area contributed by atoms with E-state index in [1.807, 2.05) is 26.0 Å². The Morgan fingerprint density at radius 3 is 1.20 bits per heavy atom. The summed E-state index contributed by atoms with van der Waals surface area (Å²) in [5.74, 6) is 1.91. The van der Waals surface area contributed by atoms with Crippen molar-refractivity contribution in [3.05, 3.63) is 179 Å². The Morgan fingerprint density at radius 2 is 0.833 bits per heavy atom. The van der Waals surface area contributed by atoms with Crippen molar-refractivity contribution in [1.29, 1.82) is 0 Å². The first-order chi connectivity index (χ1) is 28.8. The highest BCUT2D eigenvalue weighted by Gasteiger charge is 2.28. The zero-order chi connectivity index (χ0) is 42.3. The number of aryl methyl sites for hydroxylation is 2. The van der Waals surface area contributed by atoms with Gasteiger partial charge in [-0.25, -0.2) is 26.3 Å². The van der Waals surface area contributed by atoms with Gasteiger partial charge in [0.15, 0.2) is 34.6 Å². The van der Waals surface area contributed by atoms with Crippen LogP contribution in [0.15, 0.2) is 155 Å². The quantitative estimate of drug-likeness (QED) is 0.103. The molecular formula is C46H42N2O10S2. The van der Waals surface area contributed by atoms with Crippen LogP contribution in [0.2, 0.25) is 0 Å². The minimum atomic E-state index is -3.84. The second kappa shape index (κ2) is 18.3. The SMILES string of the molecule is Cc1ccc(S(=O)(=O)N[C@H](CC(=O)c2ccccc2)c2ccc3c(c2)OCO3)cc1.Cc1ccc(S(=O)(=O)N[C@H](CC(=O)c2ccccc2)c2ccc3c(c2)OCO3)cc1. The van der Waals surface area contributed by atoms with Gasteiger partial charge in [0, 0.05) is 24.0 Å². The highest BCUT2D eigenvalue weighted by atomic mass is 32.2. The molecule has 0 unspecified atom stereocenters. The Balaban J connectivity index is 0.000000181. The summed E-state index contributed by atoms with van der Waals surface area (Å²) in [7, 11) is -7.68. The van der Waals surface area contributed by atoms with Crippen LogP contribution in [-0.2, 0) is 20.0 Å². The fourth-order valence-electron chi connectivity index (χ4n) is 6.51. The zero-order valence-electron chi connectivity index (χ0n) is 32.7. The van der Waals surface area contributed by atoms with Crippen LogP contribution in [0.1, 0.15) is 67.9 Å². The number of carbonyl (C=O) groups is 2. The Kier molecular flexibility index (Phi) is 12.8. The molecule has 0 aromatic heterocycles. The van der Waals surface area contributed by atoms with Crippen LogP contribution >= 0.6 is 0 Å². The molecule has 6 aromatic rings. The molecule has 2 aliphatic heterocycles. The van der Waals surface area contributed by atoms with Crippen LogP contribution in [0, 0.1) is 13.8 Å². The van der Waals surface area contributed by atoms with Crippen LogP contribution in [0.4, 0.5) is 0 Å². The average molecular weight is 847 g/mol. The molecule has 0 fully saturated rings. The third-order valence-electron chi connectivity index (χ3n) is 9.83. The maximum atomic E-state index is 13.0. The number of ether oxygens (including phenoxy) is 4. The molecule has 308 valence electrons. The molecule has 0 radical (unpaired) electrons. The number of rotatable bonds is 14. The minimum Gasteiger partial charge on any atom is -0.454 e. The largest absolute Gasteiger partial charge is 0.454 e. The van der Waals surface area contributed by atoms with Gasteiger partial charge in [0.1, 0.15) is 0 Å². The van der Waals surface area contributed by atoms with Crippen molar-refractivity contribution in [2.24, 2.45) is 0 Å². The first kappa shape index (κ1) is 41.8. The van der Waals surface area contributed by atoms with Crippen molar-refractivity contribution >= 4 is 31.6 Å². The summed E-state index contributed by atoms with van der Waals surface area (Å²) in [6.07, 6.45) is -0.0660. The van der Waals surface area contributed by atoms with E-state index in [4.69, 9.17) is 18.9 Å². The topological polar surface area (TPSA) is 163 Å². The number of fused-ring (bicyclic) bond motifs is 2. The first-order valence-electron chi connectivity index (χ1n) is 19.0. The predicted octanol–water partition coefficient (Wildman–Crippen LogP) is 8.03. The van der Waals surface area contributed by atoms with Gasteiger partial charge in [-0.1, -0.05) is 108 Å². The first-order valence-corrected chi connectivity index (χ1v) is 21.9. The van der Waals surface area contributed by atoms with Gasteiger partial charge in [-0.05, 0) is 73.5 Å². The number of carbonyl (C=O) groups excluding carboxylic acids is 2. The van der Waals surface area contributed by atoms with Crippen LogP contribution in [0.5, 0.6) is 23.0 Å². The molecule has 0 aliphatic carbocycles. The van der Waals surface area contributed by atoms with Gasteiger partial charge in [0.2, 0.25) is 33.6 Å². The van der Waals surface area contributed by atoms with Gasteiger partial charge < -0.3 is 18.9 Å². The van der Waals surface area contributed by atoms with E-state index in [0.29, 0.717) is 45.3 Å². The standard InChI is InChI=1S/2C23H21NO5S/c2*1-16-7-10-19(11-8-16)30(26,27)24-20(14-21(25)17-5-3-2-4-6-17)18-9-12-22-23(13-18)29-15-28-22/h2*2-13,20,24H,14-15H2,1H3/t2*20-/m11/s1. The van der Waals surface area contributed by atoms with E-state index in [1.165, 1.54) is 0 Å². The number of hydrogen-bond acceptors (Lipinski definition) is 10. The third-order valence-corrected chi connectivity index (χ3v) is 12.8. The van der Waals surface area contributed by atoms with Gasteiger partial charge in [-0.15, -0.1) is 0 Å². The molecule has 0 amide bonds. The highest BCUT2D eigenvalue weighted by molar-refractivity contribution is 7.89. The maximum absolute atomic E-state index is 13.0. The molecule has 2 aliphatic rings. The van der Waals surface area contributed by atoms with Gasteiger partial charge in [-0.3, -0.25) is 9.59 Å². The molecule has 2 heterocycles. The molecule has 14 heteroatoms. The molecule has 2 N–H and O–H groups in total. The van der Waals surface area contributed by atoms with E-state index in [-0.39, 0.29) is 47.8 Å². The highest BCUT2D eigenvalue weighted by Crippen LogP contribution is 2.37. The molecule has 6 aromatic carbocycles. The van der Waals surface area contributed by atoms with Crippen molar-refractivity contribution < 1.29 is 45.4 Å². The minimum absolute atomic E-state index is 0.0330. The molecule has 0 spiro atoms. The van der Waals surface area contributed by atoms with E-state index >= 15 is 0 Å². The molecular weight excluding hydrogens is 805 g/mol. The van der Waals surface area contributed by atoms with E-state index in [0.717, 1.165) is 11.1 Å². The van der Waals surface area contributed by atoms with Crippen molar-refractivity contribution in [3.8, 4) is 23.0 Å². The van der Waals surface area contributed by atoms with Crippen molar-refractivity contribution in [2.75, 3.05) is 13.6 Å². The number of nitrogens with one attached hydrogen (secondary N) is 2. The van der Waals surface area contributed by atoms with Crippen molar-refractivity contribution in [3.63, 3.8) is 0 Å². The fraction of sp³-hybridized carbons (Fsp3) is 0.174. The van der Waals surface area contributed by atoms with Gasteiger partial charge in [0.05, 0.1) is 21.9 Å². The number of ketones is 2. The second-order valence-corrected chi connectivity index (χ2v) is 17.6. The Bertz CT molecular complexity index is 2500. The molecule has 0 bridgehead atoms. The lowest BCUT2D eigenvalue weighted by atomic mass is 9.98. The summed E-state index contributed by atoms with van der Waals surface area (Å²) in [6.45, 7) is 4.00. The van der Waals surface area contributed by atoms with Crippen molar-refractivity contribution in [1.82, 2.24) is 9.44 Å². The average Bonchev–Trinajstić information content (AvgIpc) is 3.94. The number of sulfonamides is 2. The van der Waals surface area contributed by atoms with Gasteiger partial charge in [0.25, 0.3) is 0 Å². The van der Waals surface area contributed by atoms with E-state index in [1.54, 1.807) is 133 Å². The van der Waals surface area contributed by atoms with Gasteiger partial charge in [-0.2, -0.15) is 0 Å². The lowest BCUT2D eigenvalue weighted by molar-refractivity contribution is 0.0963. The van der Waals surface area contributed by atoms with E-state index < -0.39 is 32.1 Å². The van der Waals surface area contributed by atoms with Crippen molar-refractivity contribution in [2.45, 2.75) is 48.6 Å². The lowest BCUT2D eigenvalue weighted by Gasteiger charge is -2.19. The van der Waals surface area contributed by atoms with Crippen LogP contribution in [-0.4, -0.2) is 42.0 Å². The van der Waals surface area contributed by atoms with Crippen LogP contribution < -0.4 is 28.4 Å². The Morgan fingerprint density at radius 1 is 0.483 bits per heavy atom. The maximum Gasteiger partial charge on any atom is 0.241 e. The normalized spacial score (nSPS) is 13.8. The number of benzene rings is 6.